The lowest BCUT2D eigenvalue weighted by Gasteiger charge is -2.21. The minimum atomic E-state index is 0.909. The van der Waals surface area contributed by atoms with E-state index in [0.717, 1.165) is 11.2 Å². The Labute approximate surface area is 327 Å². The third-order valence-electron chi connectivity index (χ3n) is 12.6. The molecule has 13 aromatic rings. The number of furan rings is 1. The largest absolute Gasteiger partial charge is 0.456 e. The first-order valence-electron chi connectivity index (χ1n) is 19.8. The zero-order valence-electron chi connectivity index (χ0n) is 30.9. The summed E-state index contributed by atoms with van der Waals surface area (Å²) < 4.78 is 6.80. The molecular formula is C56H32O. The molecule has 262 valence electrons. The standard InChI is InChI=1S/C56H32O/c1-2-16-34-33(15-1)29-30-50-55(34)56-42-24-10-7-21-39(42)49(32-51(56)57-50)54-45-27-13-11-25-43(45)53(44-26-12-14-28-46(44)54)48-31-47-37-19-4-3-17-35(37)36-18-5-8-22-40(36)52(47)41-23-9-6-20-38(41)48/h1-32H. The highest BCUT2D eigenvalue weighted by atomic mass is 16.3. The Morgan fingerprint density at radius 1 is 0.228 bits per heavy atom. The SMILES string of the molecule is c1ccc2c(c1)ccc1oc3cc(-c4c5ccccc5c(-c5cc6c7ccccc7c7ccccc7c6c6ccccc56)c5ccccc45)c4ccccc4c3c12. The fourth-order valence-electron chi connectivity index (χ4n) is 10.3. The third-order valence-corrected chi connectivity index (χ3v) is 12.6. The monoisotopic (exact) mass is 720 g/mol. The first-order valence-corrected chi connectivity index (χ1v) is 19.8. The highest BCUT2D eigenvalue weighted by molar-refractivity contribution is 6.36. The number of hydrogen-bond donors (Lipinski definition) is 0. The smallest absolute Gasteiger partial charge is 0.136 e. The molecule has 1 heterocycles. The Kier molecular flexibility index (Phi) is 6.23. The molecule has 57 heavy (non-hydrogen) atoms. The van der Waals surface area contributed by atoms with Crippen molar-refractivity contribution in [3.8, 4) is 22.3 Å². The first-order chi connectivity index (χ1) is 28.3. The summed E-state index contributed by atoms with van der Waals surface area (Å²) >= 11 is 0. The van der Waals surface area contributed by atoms with Crippen molar-refractivity contribution in [1.29, 1.82) is 0 Å². The molecule has 0 spiro atoms. The van der Waals surface area contributed by atoms with Gasteiger partial charge < -0.3 is 4.42 Å². The van der Waals surface area contributed by atoms with E-state index < -0.39 is 0 Å². The second-order valence-corrected chi connectivity index (χ2v) is 15.4. The Balaban J connectivity index is 1.19. The van der Waals surface area contributed by atoms with Gasteiger partial charge in [0.25, 0.3) is 0 Å². The molecule has 0 atom stereocenters. The molecule has 0 saturated carbocycles. The van der Waals surface area contributed by atoms with Crippen LogP contribution in [0, 0.1) is 0 Å². The molecule has 0 bridgehead atoms. The van der Waals surface area contributed by atoms with E-state index in [9.17, 15) is 0 Å². The Morgan fingerprint density at radius 3 is 1.16 bits per heavy atom. The van der Waals surface area contributed by atoms with Crippen LogP contribution in [0.25, 0.3) is 130 Å². The van der Waals surface area contributed by atoms with Crippen molar-refractivity contribution in [3.63, 3.8) is 0 Å². The van der Waals surface area contributed by atoms with Crippen molar-refractivity contribution >= 4 is 108 Å². The lowest BCUT2D eigenvalue weighted by molar-refractivity contribution is 0.669. The summed E-state index contributed by atoms with van der Waals surface area (Å²) in [5.41, 5.74) is 6.76. The molecule has 13 rings (SSSR count). The molecule has 0 amide bonds. The molecule has 0 saturated heterocycles. The molecule has 12 aromatic carbocycles. The van der Waals surface area contributed by atoms with Crippen molar-refractivity contribution < 1.29 is 4.42 Å². The van der Waals surface area contributed by atoms with Crippen LogP contribution in [-0.2, 0) is 0 Å². The van der Waals surface area contributed by atoms with Gasteiger partial charge in [0.05, 0.1) is 0 Å². The molecule has 0 aliphatic carbocycles. The summed E-state index contributed by atoms with van der Waals surface area (Å²) in [4.78, 5) is 0. The minimum Gasteiger partial charge on any atom is -0.456 e. The summed E-state index contributed by atoms with van der Waals surface area (Å²) in [6.07, 6.45) is 0. The Morgan fingerprint density at radius 2 is 0.596 bits per heavy atom. The van der Waals surface area contributed by atoms with Crippen molar-refractivity contribution in [2.75, 3.05) is 0 Å². The summed E-state index contributed by atoms with van der Waals surface area (Å²) in [6.45, 7) is 0. The fraction of sp³-hybridized carbons (Fsp3) is 0. The van der Waals surface area contributed by atoms with Crippen LogP contribution >= 0.6 is 0 Å². The maximum atomic E-state index is 6.80. The number of benzene rings is 12. The topological polar surface area (TPSA) is 13.1 Å². The summed E-state index contributed by atoms with van der Waals surface area (Å²) in [5, 5.41) is 22.4. The zero-order valence-corrected chi connectivity index (χ0v) is 30.9. The van der Waals surface area contributed by atoms with Gasteiger partial charge in [-0.3, -0.25) is 0 Å². The van der Waals surface area contributed by atoms with Crippen LogP contribution in [0.4, 0.5) is 0 Å². The van der Waals surface area contributed by atoms with Crippen LogP contribution < -0.4 is 0 Å². The van der Waals surface area contributed by atoms with E-state index in [0.29, 0.717) is 0 Å². The average molecular weight is 721 g/mol. The summed E-state index contributed by atoms with van der Waals surface area (Å²) in [5.74, 6) is 0. The van der Waals surface area contributed by atoms with Crippen molar-refractivity contribution in [3.05, 3.63) is 194 Å². The van der Waals surface area contributed by atoms with E-state index in [2.05, 4.69) is 194 Å². The van der Waals surface area contributed by atoms with Gasteiger partial charge in [-0.25, -0.2) is 0 Å². The molecule has 1 heteroatoms. The molecule has 0 unspecified atom stereocenters. The molecule has 0 N–H and O–H groups in total. The lowest BCUT2D eigenvalue weighted by atomic mass is 9.82. The van der Waals surface area contributed by atoms with Gasteiger partial charge in [-0.05, 0) is 127 Å². The van der Waals surface area contributed by atoms with E-state index in [4.69, 9.17) is 4.42 Å². The molecular weight excluding hydrogens is 689 g/mol. The Bertz CT molecular complexity index is 3810. The predicted octanol–water partition coefficient (Wildman–Crippen LogP) is 16.1. The van der Waals surface area contributed by atoms with Gasteiger partial charge in [0.2, 0.25) is 0 Å². The molecule has 1 nitrogen and oxygen atoms in total. The van der Waals surface area contributed by atoms with E-state index >= 15 is 0 Å². The lowest BCUT2D eigenvalue weighted by Crippen LogP contribution is -1.93. The molecule has 1 aromatic heterocycles. The van der Waals surface area contributed by atoms with E-state index in [1.165, 1.54) is 119 Å². The fourth-order valence-corrected chi connectivity index (χ4v) is 10.3. The van der Waals surface area contributed by atoms with Crippen LogP contribution in [0.3, 0.4) is 0 Å². The average Bonchev–Trinajstić information content (AvgIpc) is 3.67. The van der Waals surface area contributed by atoms with Crippen LogP contribution in [0.15, 0.2) is 199 Å². The second-order valence-electron chi connectivity index (χ2n) is 15.4. The maximum Gasteiger partial charge on any atom is 0.136 e. The van der Waals surface area contributed by atoms with Gasteiger partial charge in [0, 0.05) is 10.8 Å². The number of fused-ring (bicyclic) bond motifs is 17. The zero-order chi connectivity index (χ0) is 37.2. The van der Waals surface area contributed by atoms with Gasteiger partial charge >= 0.3 is 0 Å². The highest BCUT2D eigenvalue weighted by Crippen LogP contribution is 2.51. The first kappa shape index (κ1) is 30.8. The van der Waals surface area contributed by atoms with Gasteiger partial charge in [-0.2, -0.15) is 0 Å². The highest BCUT2D eigenvalue weighted by Gasteiger charge is 2.23. The van der Waals surface area contributed by atoms with Crippen LogP contribution in [0.1, 0.15) is 0 Å². The van der Waals surface area contributed by atoms with E-state index in [1.807, 2.05) is 0 Å². The van der Waals surface area contributed by atoms with Gasteiger partial charge in [0.15, 0.2) is 0 Å². The third kappa shape index (κ3) is 4.18. The van der Waals surface area contributed by atoms with Crippen LogP contribution in [0.5, 0.6) is 0 Å². The van der Waals surface area contributed by atoms with E-state index in [-0.39, 0.29) is 0 Å². The normalized spacial score (nSPS) is 12.2. The van der Waals surface area contributed by atoms with E-state index in [1.54, 1.807) is 0 Å². The number of hydrogen-bond acceptors (Lipinski definition) is 1. The van der Waals surface area contributed by atoms with Crippen molar-refractivity contribution in [2.45, 2.75) is 0 Å². The predicted molar refractivity (Wildman–Crippen MR) is 245 cm³/mol. The molecule has 0 aliphatic heterocycles. The molecule has 0 radical (unpaired) electrons. The van der Waals surface area contributed by atoms with Crippen molar-refractivity contribution in [1.82, 2.24) is 0 Å². The summed E-state index contributed by atoms with van der Waals surface area (Å²) in [6, 6.07) is 71.5. The van der Waals surface area contributed by atoms with Gasteiger partial charge in [-0.1, -0.05) is 176 Å². The van der Waals surface area contributed by atoms with Gasteiger partial charge in [0.1, 0.15) is 11.2 Å². The van der Waals surface area contributed by atoms with Crippen LogP contribution in [0.2, 0.25) is 0 Å². The van der Waals surface area contributed by atoms with Gasteiger partial charge in [-0.15, -0.1) is 0 Å². The molecule has 0 fully saturated rings. The Hall–Kier alpha value is -7.48. The van der Waals surface area contributed by atoms with Crippen LogP contribution in [-0.4, -0.2) is 0 Å². The second kappa shape index (κ2) is 11.5. The quantitative estimate of drug-likeness (QED) is 0.128. The molecule has 0 aliphatic rings. The maximum absolute atomic E-state index is 6.80. The summed E-state index contributed by atoms with van der Waals surface area (Å²) in [7, 11) is 0. The van der Waals surface area contributed by atoms with Crippen molar-refractivity contribution in [2.24, 2.45) is 0 Å². The minimum absolute atomic E-state index is 0.909. The number of rotatable bonds is 2.